The van der Waals surface area contributed by atoms with E-state index >= 15 is 0 Å². The van der Waals surface area contributed by atoms with Crippen LogP contribution in [0.15, 0.2) is 24.5 Å². The molecule has 0 radical (unpaired) electrons. The number of rotatable bonds is 5. The third-order valence-corrected chi connectivity index (χ3v) is 3.73. The molecule has 0 aliphatic carbocycles. The molecule has 0 bridgehead atoms. The molecule has 1 saturated heterocycles. The van der Waals surface area contributed by atoms with Gasteiger partial charge in [-0.2, -0.15) is 0 Å². The molecule has 2 rings (SSSR count). The van der Waals surface area contributed by atoms with E-state index in [1.54, 1.807) is 6.20 Å². The Labute approximate surface area is 120 Å². The van der Waals surface area contributed by atoms with Crippen LogP contribution in [0.1, 0.15) is 25.3 Å². The monoisotopic (exact) mass is 276 g/mol. The molecule has 0 aromatic carbocycles. The van der Waals surface area contributed by atoms with E-state index in [9.17, 15) is 4.79 Å². The van der Waals surface area contributed by atoms with Crippen molar-refractivity contribution in [3.8, 4) is 0 Å². The second kappa shape index (κ2) is 7.36. The van der Waals surface area contributed by atoms with Crippen molar-refractivity contribution in [2.45, 2.75) is 32.4 Å². The first-order chi connectivity index (χ1) is 9.70. The summed E-state index contributed by atoms with van der Waals surface area (Å²) in [7, 11) is 0. The summed E-state index contributed by atoms with van der Waals surface area (Å²) in [4.78, 5) is 20.5. The van der Waals surface area contributed by atoms with Crippen LogP contribution in [0.5, 0.6) is 0 Å². The number of carbonyl (C=O) groups excluding carboxylic acids is 1. The van der Waals surface area contributed by atoms with Gasteiger partial charge in [-0.25, -0.2) is 0 Å². The Kier molecular flexibility index (Phi) is 5.49. The van der Waals surface area contributed by atoms with Crippen molar-refractivity contribution in [1.29, 1.82) is 0 Å². The zero-order valence-corrected chi connectivity index (χ0v) is 12.2. The number of amides is 1. The van der Waals surface area contributed by atoms with Crippen LogP contribution in [0.2, 0.25) is 0 Å². The third-order valence-electron chi connectivity index (χ3n) is 3.73. The fraction of sp³-hybridized carbons (Fsp3) is 0.600. The number of pyridine rings is 1. The zero-order valence-electron chi connectivity index (χ0n) is 12.2. The highest BCUT2D eigenvalue weighted by molar-refractivity contribution is 5.81. The quantitative estimate of drug-likeness (QED) is 0.866. The lowest BCUT2D eigenvalue weighted by atomic mass is 10.1. The number of piperazine rings is 1. The fourth-order valence-electron chi connectivity index (χ4n) is 2.55. The highest BCUT2D eigenvalue weighted by Crippen LogP contribution is 2.09. The second-order valence-corrected chi connectivity index (χ2v) is 5.36. The summed E-state index contributed by atoms with van der Waals surface area (Å²) in [5, 5.41) is 0. The molecule has 5 nitrogen and oxygen atoms in total. The van der Waals surface area contributed by atoms with Crippen LogP contribution in [0.3, 0.4) is 0 Å². The summed E-state index contributed by atoms with van der Waals surface area (Å²) in [6.45, 7) is 6.31. The maximum atomic E-state index is 12.1. The first kappa shape index (κ1) is 14.9. The molecular formula is C15H24N4O. The van der Waals surface area contributed by atoms with Crippen molar-refractivity contribution in [2.75, 3.05) is 26.2 Å². The van der Waals surface area contributed by atoms with Gasteiger partial charge in [-0.3, -0.25) is 14.7 Å². The van der Waals surface area contributed by atoms with Crippen LogP contribution >= 0.6 is 0 Å². The molecule has 110 valence electrons. The molecule has 0 saturated carbocycles. The Hall–Kier alpha value is -1.46. The first-order valence-corrected chi connectivity index (χ1v) is 7.36. The molecule has 1 atom stereocenters. The smallest absolute Gasteiger partial charge is 0.239 e. The van der Waals surface area contributed by atoms with Crippen LogP contribution < -0.4 is 5.73 Å². The minimum absolute atomic E-state index is 0.105. The Morgan fingerprint density at radius 1 is 1.40 bits per heavy atom. The van der Waals surface area contributed by atoms with E-state index in [4.69, 9.17) is 5.73 Å². The van der Waals surface area contributed by atoms with Gasteiger partial charge >= 0.3 is 0 Å². The highest BCUT2D eigenvalue weighted by atomic mass is 16.2. The number of nitrogens with two attached hydrogens (primary N) is 1. The van der Waals surface area contributed by atoms with Crippen molar-refractivity contribution >= 4 is 5.91 Å². The van der Waals surface area contributed by atoms with Gasteiger partial charge in [0.1, 0.15) is 0 Å². The average Bonchev–Trinajstić information content (AvgIpc) is 2.48. The summed E-state index contributed by atoms with van der Waals surface area (Å²) < 4.78 is 0. The minimum atomic E-state index is -0.329. The van der Waals surface area contributed by atoms with Crippen molar-refractivity contribution in [2.24, 2.45) is 5.73 Å². The van der Waals surface area contributed by atoms with Crippen LogP contribution in [-0.4, -0.2) is 52.9 Å². The molecule has 1 aromatic rings. The van der Waals surface area contributed by atoms with Gasteiger partial charge in [0, 0.05) is 45.1 Å². The van der Waals surface area contributed by atoms with Gasteiger partial charge in [0.2, 0.25) is 5.91 Å². The van der Waals surface area contributed by atoms with Crippen LogP contribution in [-0.2, 0) is 11.3 Å². The molecule has 20 heavy (non-hydrogen) atoms. The predicted molar refractivity (Wildman–Crippen MR) is 79.0 cm³/mol. The summed E-state index contributed by atoms with van der Waals surface area (Å²) in [6, 6.07) is 3.71. The topological polar surface area (TPSA) is 62.5 Å². The van der Waals surface area contributed by atoms with Gasteiger partial charge in [0.25, 0.3) is 0 Å². The number of nitrogens with zero attached hydrogens (tertiary/aromatic N) is 3. The van der Waals surface area contributed by atoms with E-state index in [1.165, 1.54) is 5.56 Å². The molecule has 2 heterocycles. The number of hydrogen-bond donors (Lipinski definition) is 1. The van der Waals surface area contributed by atoms with E-state index in [1.807, 2.05) is 17.2 Å². The lowest BCUT2D eigenvalue weighted by Crippen LogP contribution is -2.52. The summed E-state index contributed by atoms with van der Waals surface area (Å²) in [5.74, 6) is 0.105. The third kappa shape index (κ3) is 4.02. The van der Waals surface area contributed by atoms with Crippen molar-refractivity contribution in [1.82, 2.24) is 14.8 Å². The van der Waals surface area contributed by atoms with Gasteiger partial charge in [0.05, 0.1) is 6.04 Å². The zero-order chi connectivity index (χ0) is 14.4. The average molecular weight is 276 g/mol. The van der Waals surface area contributed by atoms with E-state index in [0.717, 1.165) is 45.6 Å². The van der Waals surface area contributed by atoms with Crippen LogP contribution in [0.25, 0.3) is 0 Å². The Morgan fingerprint density at radius 2 is 2.15 bits per heavy atom. The summed E-state index contributed by atoms with van der Waals surface area (Å²) in [5.41, 5.74) is 7.12. The number of carbonyl (C=O) groups is 1. The van der Waals surface area contributed by atoms with Crippen molar-refractivity contribution in [3.63, 3.8) is 0 Å². The molecule has 0 spiro atoms. The number of hydrogen-bond acceptors (Lipinski definition) is 4. The Morgan fingerprint density at radius 3 is 2.75 bits per heavy atom. The van der Waals surface area contributed by atoms with E-state index < -0.39 is 0 Å². The first-order valence-electron chi connectivity index (χ1n) is 7.36. The molecule has 1 aliphatic rings. The molecule has 1 fully saturated rings. The predicted octanol–water partition coefficient (Wildman–Crippen LogP) is 0.853. The van der Waals surface area contributed by atoms with Gasteiger partial charge in [0.15, 0.2) is 0 Å². The fourth-order valence-corrected chi connectivity index (χ4v) is 2.55. The van der Waals surface area contributed by atoms with Crippen LogP contribution in [0.4, 0.5) is 0 Å². The van der Waals surface area contributed by atoms with Crippen LogP contribution in [0, 0.1) is 0 Å². The summed E-state index contributed by atoms with van der Waals surface area (Å²) in [6.07, 6.45) is 5.41. The van der Waals surface area contributed by atoms with Gasteiger partial charge in [-0.15, -0.1) is 0 Å². The lowest BCUT2D eigenvalue weighted by Gasteiger charge is -2.35. The van der Waals surface area contributed by atoms with Gasteiger partial charge < -0.3 is 10.6 Å². The molecule has 2 N–H and O–H groups in total. The normalized spacial score (nSPS) is 18.0. The Balaban J connectivity index is 1.79. The van der Waals surface area contributed by atoms with Gasteiger partial charge in [-0.1, -0.05) is 19.4 Å². The van der Waals surface area contributed by atoms with E-state index in [0.29, 0.717) is 0 Å². The molecule has 1 aromatic heterocycles. The molecule has 1 amide bonds. The largest absolute Gasteiger partial charge is 0.339 e. The molecule has 1 unspecified atom stereocenters. The lowest BCUT2D eigenvalue weighted by molar-refractivity contribution is -0.134. The second-order valence-electron chi connectivity index (χ2n) is 5.36. The summed E-state index contributed by atoms with van der Waals surface area (Å²) >= 11 is 0. The van der Waals surface area contributed by atoms with Crippen molar-refractivity contribution in [3.05, 3.63) is 30.1 Å². The minimum Gasteiger partial charge on any atom is -0.339 e. The molecular weight excluding hydrogens is 252 g/mol. The van der Waals surface area contributed by atoms with E-state index in [2.05, 4.69) is 22.9 Å². The highest BCUT2D eigenvalue weighted by Gasteiger charge is 2.24. The van der Waals surface area contributed by atoms with Gasteiger partial charge in [-0.05, 0) is 18.1 Å². The van der Waals surface area contributed by atoms with E-state index in [-0.39, 0.29) is 11.9 Å². The maximum absolute atomic E-state index is 12.1. The number of aromatic nitrogens is 1. The standard InChI is InChI=1S/C15H24N4O/c1-2-4-14(16)15(20)19-9-7-18(8-10-19)12-13-5-3-6-17-11-13/h3,5-6,11,14H,2,4,7-10,12,16H2,1H3. The SMILES string of the molecule is CCCC(N)C(=O)N1CCN(Cc2cccnc2)CC1. The van der Waals surface area contributed by atoms with Crippen molar-refractivity contribution < 1.29 is 4.79 Å². The molecule has 1 aliphatic heterocycles. The molecule has 5 heteroatoms. The maximum Gasteiger partial charge on any atom is 0.239 e. The Bertz CT molecular complexity index is 415.